The fourth-order valence-corrected chi connectivity index (χ4v) is 3.69. The van der Waals surface area contributed by atoms with E-state index in [1.54, 1.807) is 30.3 Å². The van der Waals surface area contributed by atoms with Gasteiger partial charge in [0.15, 0.2) is 5.82 Å². The van der Waals surface area contributed by atoms with Gasteiger partial charge in [-0.15, -0.1) is 0 Å². The first-order chi connectivity index (χ1) is 9.97. The third-order valence-corrected chi connectivity index (χ3v) is 4.83. The maximum atomic E-state index is 12.8. The minimum absolute atomic E-state index is 0.0263. The molecule has 0 bridgehead atoms. The number of aliphatic hydroxyl groups is 1. The Labute approximate surface area is 124 Å². The number of aromatic nitrogens is 2. The van der Waals surface area contributed by atoms with Crippen LogP contribution in [0.2, 0.25) is 0 Å². The summed E-state index contributed by atoms with van der Waals surface area (Å²) in [6.45, 7) is 5.81. The van der Waals surface area contributed by atoms with Crippen LogP contribution in [0.15, 0.2) is 18.5 Å². The van der Waals surface area contributed by atoms with Gasteiger partial charge in [-0.05, 0) is 39.7 Å². The Morgan fingerprint density at radius 1 is 1.43 bits per heavy atom. The van der Waals surface area contributed by atoms with Crippen LogP contribution in [-0.4, -0.2) is 49.6 Å². The fraction of sp³-hybridized carbons (Fsp3) is 0.667. The van der Waals surface area contributed by atoms with Gasteiger partial charge >= 0.3 is 0 Å². The van der Waals surface area contributed by atoms with Gasteiger partial charge in [-0.2, -0.15) is 0 Å². The molecular formula is C15H22N4O2. The van der Waals surface area contributed by atoms with E-state index in [0.29, 0.717) is 11.9 Å². The van der Waals surface area contributed by atoms with Gasteiger partial charge < -0.3 is 10.0 Å². The van der Waals surface area contributed by atoms with Crippen LogP contribution in [0.25, 0.3) is 0 Å². The van der Waals surface area contributed by atoms with Gasteiger partial charge in [0.25, 0.3) is 0 Å². The molecule has 6 nitrogen and oxygen atoms in total. The van der Waals surface area contributed by atoms with Crippen LogP contribution in [0.3, 0.4) is 0 Å². The van der Waals surface area contributed by atoms with E-state index in [-0.39, 0.29) is 11.9 Å². The summed E-state index contributed by atoms with van der Waals surface area (Å²) in [7, 11) is 0. The molecule has 4 unspecified atom stereocenters. The first kappa shape index (κ1) is 14.4. The van der Waals surface area contributed by atoms with E-state index in [9.17, 15) is 9.90 Å². The Balaban J connectivity index is 1.88. The Hall–Kier alpha value is -1.53. The molecule has 1 amide bonds. The standard InChI is InChI=1S/C15H22N4O2/c1-9-5-6-15(18-9)11(3)19(14(15)21)12(10(2)20)13-16-7-4-8-17-13/h4,7-12,18,20H,5-6H2,1-3H3/t9?,10?,11-,12?,15?/m0/s1. The van der Waals surface area contributed by atoms with Gasteiger partial charge in [-0.1, -0.05) is 0 Å². The predicted molar refractivity (Wildman–Crippen MR) is 77.3 cm³/mol. The van der Waals surface area contributed by atoms with Crippen molar-refractivity contribution in [2.75, 3.05) is 0 Å². The second kappa shape index (κ2) is 5.03. The number of aliphatic hydroxyl groups excluding tert-OH is 1. The SMILES string of the molecule is CC1CCC2(N1)C(=O)N(C(c1ncccn1)C(C)O)[C@H]2C. The van der Waals surface area contributed by atoms with E-state index in [0.717, 1.165) is 12.8 Å². The van der Waals surface area contributed by atoms with Crippen molar-refractivity contribution in [1.29, 1.82) is 0 Å². The second-order valence-corrected chi connectivity index (χ2v) is 6.24. The highest BCUT2D eigenvalue weighted by Crippen LogP contribution is 2.44. The van der Waals surface area contributed by atoms with Crippen LogP contribution in [0.5, 0.6) is 0 Å². The maximum Gasteiger partial charge on any atom is 0.246 e. The van der Waals surface area contributed by atoms with Crippen molar-refractivity contribution in [3.8, 4) is 0 Å². The maximum absolute atomic E-state index is 12.8. The van der Waals surface area contributed by atoms with Crippen molar-refractivity contribution in [2.24, 2.45) is 0 Å². The van der Waals surface area contributed by atoms with Crippen molar-refractivity contribution in [1.82, 2.24) is 20.2 Å². The summed E-state index contributed by atoms with van der Waals surface area (Å²) in [5, 5.41) is 13.6. The molecule has 1 spiro atoms. The van der Waals surface area contributed by atoms with Crippen molar-refractivity contribution in [3.63, 3.8) is 0 Å². The molecule has 3 heterocycles. The summed E-state index contributed by atoms with van der Waals surface area (Å²) in [6.07, 6.45) is 4.42. The zero-order valence-corrected chi connectivity index (χ0v) is 12.7. The summed E-state index contributed by atoms with van der Waals surface area (Å²) < 4.78 is 0. The van der Waals surface area contributed by atoms with E-state index < -0.39 is 17.7 Å². The molecular weight excluding hydrogens is 268 g/mol. The number of likely N-dealkylation sites (tertiary alicyclic amines) is 1. The van der Waals surface area contributed by atoms with E-state index in [1.807, 2.05) is 6.92 Å². The lowest BCUT2D eigenvalue weighted by molar-refractivity contribution is -0.171. The van der Waals surface area contributed by atoms with Gasteiger partial charge in [-0.3, -0.25) is 10.1 Å². The largest absolute Gasteiger partial charge is 0.391 e. The Morgan fingerprint density at radius 3 is 2.57 bits per heavy atom. The smallest absolute Gasteiger partial charge is 0.246 e. The number of β-lactam (4-membered cyclic amide) rings is 1. The molecule has 0 aromatic carbocycles. The van der Waals surface area contributed by atoms with Crippen LogP contribution < -0.4 is 5.32 Å². The number of nitrogens with one attached hydrogen (secondary N) is 1. The normalized spacial score (nSPS) is 34.9. The van der Waals surface area contributed by atoms with E-state index >= 15 is 0 Å². The molecule has 2 saturated heterocycles. The molecule has 114 valence electrons. The van der Waals surface area contributed by atoms with Crippen molar-refractivity contribution >= 4 is 5.91 Å². The molecule has 1 aromatic rings. The summed E-state index contributed by atoms with van der Waals surface area (Å²) in [5.74, 6) is 0.547. The van der Waals surface area contributed by atoms with Crippen molar-refractivity contribution in [2.45, 2.75) is 63.4 Å². The Morgan fingerprint density at radius 2 is 2.10 bits per heavy atom. The number of carbonyl (C=O) groups is 1. The number of hydrogen-bond donors (Lipinski definition) is 2. The van der Waals surface area contributed by atoms with Gasteiger partial charge in [0.1, 0.15) is 11.6 Å². The molecule has 3 rings (SSSR count). The average Bonchev–Trinajstić information content (AvgIpc) is 2.89. The topological polar surface area (TPSA) is 78.4 Å². The average molecular weight is 290 g/mol. The molecule has 0 saturated carbocycles. The number of amides is 1. The molecule has 21 heavy (non-hydrogen) atoms. The van der Waals surface area contributed by atoms with Gasteiger partial charge in [-0.25, -0.2) is 9.97 Å². The van der Waals surface area contributed by atoms with Gasteiger partial charge in [0.2, 0.25) is 5.91 Å². The van der Waals surface area contributed by atoms with Crippen LogP contribution in [0.4, 0.5) is 0 Å². The van der Waals surface area contributed by atoms with Crippen LogP contribution >= 0.6 is 0 Å². The Kier molecular flexibility index (Phi) is 3.45. The number of nitrogens with zero attached hydrogens (tertiary/aromatic N) is 3. The molecule has 1 aromatic heterocycles. The molecule has 2 aliphatic heterocycles. The summed E-state index contributed by atoms with van der Waals surface area (Å²) in [4.78, 5) is 22.9. The molecule has 2 N–H and O–H groups in total. The minimum atomic E-state index is -0.713. The second-order valence-electron chi connectivity index (χ2n) is 6.24. The van der Waals surface area contributed by atoms with Crippen molar-refractivity contribution in [3.05, 3.63) is 24.3 Å². The monoisotopic (exact) mass is 290 g/mol. The van der Waals surface area contributed by atoms with Crippen LogP contribution in [0.1, 0.15) is 45.5 Å². The number of rotatable bonds is 3. The van der Waals surface area contributed by atoms with E-state index in [1.165, 1.54) is 0 Å². The Bertz CT molecular complexity index is 536. The zero-order chi connectivity index (χ0) is 15.2. The quantitative estimate of drug-likeness (QED) is 0.799. The summed E-state index contributed by atoms with van der Waals surface area (Å²) >= 11 is 0. The minimum Gasteiger partial charge on any atom is -0.391 e. The summed E-state index contributed by atoms with van der Waals surface area (Å²) in [5.41, 5.74) is -0.457. The number of carbonyl (C=O) groups excluding carboxylic acids is 1. The third-order valence-electron chi connectivity index (χ3n) is 4.83. The fourth-order valence-electron chi connectivity index (χ4n) is 3.69. The highest BCUT2D eigenvalue weighted by Gasteiger charge is 2.63. The van der Waals surface area contributed by atoms with E-state index in [2.05, 4.69) is 22.2 Å². The van der Waals surface area contributed by atoms with Gasteiger partial charge in [0.05, 0.1) is 12.1 Å². The van der Waals surface area contributed by atoms with E-state index in [4.69, 9.17) is 0 Å². The molecule has 6 heteroatoms. The van der Waals surface area contributed by atoms with Crippen molar-refractivity contribution < 1.29 is 9.90 Å². The molecule has 2 fully saturated rings. The van der Waals surface area contributed by atoms with Crippen LogP contribution in [0, 0.1) is 0 Å². The number of hydrogen-bond acceptors (Lipinski definition) is 5. The first-order valence-electron chi connectivity index (χ1n) is 7.53. The molecule has 5 atom stereocenters. The predicted octanol–water partition coefficient (Wildman–Crippen LogP) is 0.640. The van der Waals surface area contributed by atoms with Gasteiger partial charge in [0, 0.05) is 18.4 Å². The first-order valence-corrected chi connectivity index (χ1v) is 7.53. The molecule has 0 radical (unpaired) electrons. The molecule has 0 aliphatic carbocycles. The third kappa shape index (κ3) is 2.05. The lowest BCUT2D eigenvalue weighted by atomic mass is 9.76. The highest BCUT2D eigenvalue weighted by atomic mass is 16.3. The highest BCUT2D eigenvalue weighted by molar-refractivity contribution is 5.95. The lowest BCUT2D eigenvalue weighted by Crippen LogP contribution is -2.78. The molecule has 2 aliphatic rings. The lowest BCUT2D eigenvalue weighted by Gasteiger charge is -2.56. The summed E-state index contributed by atoms with van der Waals surface area (Å²) in [6, 6.07) is 1.62. The zero-order valence-electron chi connectivity index (χ0n) is 12.7. The van der Waals surface area contributed by atoms with Crippen LogP contribution in [-0.2, 0) is 4.79 Å².